The van der Waals surface area contributed by atoms with Crippen molar-refractivity contribution in [3.8, 4) is 0 Å². The highest BCUT2D eigenvalue weighted by molar-refractivity contribution is 5.94. The molecule has 0 aliphatic rings. The van der Waals surface area contributed by atoms with Gasteiger partial charge in [0.15, 0.2) is 5.96 Å². The fraction of sp³-hybridized carbons (Fsp3) is 0.667. The van der Waals surface area contributed by atoms with Crippen molar-refractivity contribution in [2.24, 2.45) is 27.9 Å². The standard InChI is InChI=1S/C18H34N8O8/c1-8(28)13(26-14(30)9(19)7-27)16(32)24-10(3-2-6-23-18(21)22)15(31)25-11(17(33)34)4-5-12(20)29/h8-11,13,27-28H,2-7,19H2,1H3,(H2,20,29)(H,24,32)(H,25,31)(H,26,30)(H,33,34)(H4,21,22,23). The Kier molecular flexibility index (Phi) is 13.8. The number of carboxylic acid groups (broad SMARTS) is 1. The first-order valence-corrected chi connectivity index (χ1v) is 10.3. The summed E-state index contributed by atoms with van der Waals surface area (Å²) in [6.07, 6.45) is -1.86. The van der Waals surface area contributed by atoms with Crippen molar-refractivity contribution in [2.45, 2.75) is 62.9 Å². The van der Waals surface area contributed by atoms with E-state index in [9.17, 15) is 34.2 Å². The van der Waals surface area contributed by atoms with Gasteiger partial charge in [0, 0.05) is 13.0 Å². The molecule has 0 aromatic heterocycles. The second-order valence-corrected chi connectivity index (χ2v) is 7.43. The number of carboxylic acids is 1. The highest BCUT2D eigenvalue weighted by Gasteiger charge is 2.32. The van der Waals surface area contributed by atoms with Gasteiger partial charge in [-0.1, -0.05) is 0 Å². The zero-order valence-electron chi connectivity index (χ0n) is 18.8. The Morgan fingerprint density at radius 3 is 1.97 bits per heavy atom. The van der Waals surface area contributed by atoms with E-state index in [4.69, 9.17) is 28.0 Å². The Labute approximate surface area is 195 Å². The van der Waals surface area contributed by atoms with Gasteiger partial charge in [0.05, 0.1) is 12.7 Å². The van der Waals surface area contributed by atoms with Crippen molar-refractivity contribution >= 4 is 35.6 Å². The molecule has 0 radical (unpaired) electrons. The number of nitrogens with two attached hydrogens (primary N) is 4. The number of amides is 4. The third kappa shape index (κ3) is 11.9. The fourth-order valence-corrected chi connectivity index (χ4v) is 2.60. The molecule has 0 aliphatic heterocycles. The number of aliphatic hydroxyl groups excluding tert-OH is 2. The minimum atomic E-state index is -1.54. The molecule has 16 nitrogen and oxygen atoms in total. The summed E-state index contributed by atoms with van der Waals surface area (Å²) in [4.78, 5) is 63.5. The number of primary amides is 1. The number of carbonyl (C=O) groups is 5. The molecular formula is C18H34N8O8. The molecule has 5 unspecified atom stereocenters. The maximum Gasteiger partial charge on any atom is 0.326 e. The zero-order valence-corrected chi connectivity index (χ0v) is 18.8. The van der Waals surface area contributed by atoms with Crippen LogP contribution in [0.1, 0.15) is 32.6 Å². The number of rotatable bonds is 16. The molecule has 0 fully saturated rings. The normalized spacial score (nSPS) is 15.1. The quantitative estimate of drug-likeness (QED) is 0.0552. The molecule has 0 spiro atoms. The van der Waals surface area contributed by atoms with Gasteiger partial charge in [-0.25, -0.2) is 4.79 Å². The van der Waals surface area contributed by atoms with Crippen LogP contribution in [-0.2, 0) is 24.0 Å². The van der Waals surface area contributed by atoms with E-state index in [1.807, 2.05) is 0 Å². The van der Waals surface area contributed by atoms with E-state index in [0.717, 1.165) is 0 Å². The Balaban J connectivity index is 5.54. The topological polar surface area (TPSA) is 299 Å². The maximum atomic E-state index is 12.7. The van der Waals surface area contributed by atoms with Gasteiger partial charge in [0.1, 0.15) is 24.2 Å². The van der Waals surface area contributed by atoms with Crippen LogP contribution >= 0.6 is 0 Å². The van der Waals surface area contributed by atoms with E-state index in [1.165, 1.54) is 6.92 Å². The molecule has 0 bridgehead atoms. The van der Waals surface area contributed by atoms with Crippen LogP contribution < -0.4 is 38.9 Å². The fourth-order valence-electron chi connectivity index (χ4n) is 2.60. The van der Waals surface area contributed by atoms with E-state index in [-0.39, 0.29) is 38.2 Å². The van der Waals surface area contributed by atoms with Crippen LogP contribution in [0.3, 0.4) is 0 Å². The lowest BCUT2D eigenvalue weighted by atomic mass is 10.1. The van der Waals surface area contributed by atoms with Gasteiger partial charge < -0.3 is 54.2 Å². The highest BCUT2D eigenvalue weighted by atomic mass is 16.4. The molecule has 4 amide bonds. The third-order valence-corrected chi connectivity index (χ3v) is 4.47. The molecule has 0 rings (SSSR count). The Bertz CT molecular complexity index is 756. The summed E-state index contributed by atoms with van der Waals surface area (Å²) in [5.74, 6) is -5.18. The Hall–Kier alpha value is -3.50. The Morgan fingerprint density at radius 1 is 0.912 bits per heavy atom. The number of aliphatic hydroxyl groups is 2. The summed E-state index contributed by atoms with van der Waals surface area (Å²) in [6.45, 7) is 0.582. The summed E-state index contributed by atoms with van der Waals surface area (Å²) in [5, 5.41) is 34.9. The molecule has 0 saturated carbocycles. The minimum Gasteiger partial charge on any atom is -0.480 e. The molecule has 34 heavy (non-hydrogen) atoms. The molecule has 0 heterocycles. The van der Waals surface area contributed by atoms with Crippen LogP contribution in [0.25, 0.3) is 0 Å². The molecule has 194 valence electrons. The largest absolute Gasteiger partial charge is 0.480 e. The highest BCUT2D eigenvalue weighted by Crippen LogP contribution is 2.05. The number of guanidine groups is 1. The SMILES string of the molecule is CC(O)C(NC(=O)C(N)CO)C(=O)NC(CCCN=C(N)N)C(=O)NC(CCC(N)=O)C(=O)O. The van der Waals surface area contributed by atoms with E-state index in [2.05, 4.69) is 20.9 Å². The number of hydrogen-bond acceptors (Lipinski definition) is 9. The van der Waals surface area contributed by atoms with Crippen LogP contribution in [0.5, 0.6) is 0 Å². The smallest absolute Gasteiger partial charge is 0.326 e. The summed E-state index contributed by atoms with van der Waals surface area (Å²) < 4.78 is 0. The number of hydrogen-bond donors (Lipinski definition) is 10. The predicted molar refractivity (Wildman–Crippen MR) is 119 cm³/mol. The lowest BCUT2D eigenvalue weighted by Gasteiger charge is -2.26. The van der Waals surface area contributed by atoms with Crippen LogP contribution in [0.15, 0.2) is 4.99 Å². The van der Waals surface area contributed by atoms with Crippen molar-refractivity contribution in [1.29, 1.82) is 0 Å². The first kappa shape index (κ1) is 30.5. The van der Waals surface area contributed by atoms with Crippen molar-refractivity contribution in [3.05, 3.63) is 0 Å². The summed E-state index contributed by atoms with van der Waals surface area (Å²) in [5.41, 5.74) is 20.9. The number of aliphatic imine (C=N–C) groups is 1. The molecule has 0 aromatic rings. The van der Waals surface area contributed by atoms with Gasteiger partial charge in [-0.3, -0.25) is 24.2 Å². The maximum absolute atomic E-state index is 12.7. The number of aliphatic carboxylic acids is 1. The molecule has 16 heteroatoms. The van der Waals surface area contributed by atoms with E-state index >= 15 is 0 Å². The monoisotopic (exact) mass is 490 g/mol. The predicted octanol–water partition coefficient (Wildman–Crippen LogP) is -5.46. The lowest BCUT2D eigenvalue weighted by molar-refractivity contribution is -0.142. The second kappa shape index (κ2) is 15.4. The lowest BCUT2D eigenvalue weighted by Crippen LogP contribution is -2.60. The number of carbonyl (C=O) groups excluding carboxylic acids is 4. The first-order valence-electron chi connectivity index (χ1n) is 10.3. The van der Waals surface area contributed by atoms with Crippen molar-refractivity contribution in [2.75, 3.05) is 13.2 Å². The molecule has 0 aliphatic carbocycles. The average molecular weight is 491 g/mol. The van der Waals surface area contributed by atoms with Crippen LogP contribution in [-0.4, -0.2) is 94.3 Å². The van der Waals surface area contributed by atoms with E-state index in [0.29, 0.717) is 0 Å². The van der Waals surface area contributed by atoms with Gasteiger partial charge >= 0.3 is 5.97 Å². The average Bonchev–Trinajstić information content (AvgIpc) is 2.74. The van der Waals surface area contributed by atoms with Crippen LogP contribution in [0.2, 0.25) is 0 Å². The summed E-state index contributed by atoms with van der Waals surface area (Å²) in [7, 11) is 0. The molecule has 0 saturated heterocycles. The third-order valence-electron chi connectivity index (χ3n) is 4.47. The zero-order chi connectivity index (χ0) is 26.4. The molecule has 5 atom stereocenters. The van der Waals surface area contributed by atoms with Crippen LogP contribution in [0, 0.1) is 0 Å². The van der Waals surface area contributed by atoms with Gasteiger partial charge in [-0.15, -0.1) is 0 Å². The van der Waals surface area contributed by atoms with E-state index < -0.39 is 66.5 Å². The molecule has 14 N–H and O–H groups in total. The van der Waals surface area contributed by atoms with Gasteiger partial charge in [-0.05, 0) is 26.2 Å². The van der Waals surface area contributed by atoms with Gasteiger partial charge in [0.2, 0.25) is 23.6 Å². The van der Waals surface area contributed by atoms with Gasteiger partial charge in [-0.2, -0.15) is 0 Å². The van der Waals surface area contributed by atoms with Crippen molar-refractivity contribution < 1.29 is 39.3 Å². The van der Waals surface area contributed by atoms with Gasteiger partial charge in [0.25, 0.3) is 0 Å². The number of nitrogens with zero attached hydrogens (tertiary/aromatic N) is 1. The van der Waals surface area contributed by atoms with E-state index in [1.54, 1.807) is 0 Å². The van der Waals surface area contributed by atoms with Crippen molar-refractivity contribution in [1.82, 2.24) is 16.0 Å². The second-order valence-electron chi connectivity index (χ2n) is 7.43. The first-order chi connectivity index (χ1) is 15.8. The summed E-state index contributed by atoms with van der Waals surface area (Å²) >= 11 is 0. The van der Waals surface area contributed by atoms with Crippen LogP contribution in [0.4, 0.5) is 0 Å². The Morgan fingerprint density at radius 2 is 1.50 bits per heavy atom. The minimum absolute atomic E-state index is 0.0485. The number of nitrogens with one attached hydrogen (secondary N) is 3. The van der Waals surface area contributed by atoms with Crippen molar-refractivity contribution in [3.63, 3.8) is 0 Å². The molecule has 0 aromatic carbocycles. The molecular weight excluding hydrogens is 456 g/mol. The summed E-state index contributed by atoms with van der Waals surface area (Å²) in [6, 6.07) is -5.67.